The van der Waals surface area contributed by atoms with Gasteiger partial charge in [0, 0.05) is 17.8 Å². The van der Waals surface area contributed by atoms with Gasteiger partial charge in [-0.2, -0.15) is 0 Å². The van der Waals surface area contributed by atoms with Gasteiger partial charge in [-0.3, -0.25) is 4.79 Å². The van der Waals surface area contributed by atoms with Crippen molar-refractivity contribution in [2.45, 2.75) is 32.2 Å². The first-order valence-electron chi connectivity index (χ1n) is 6.38. The lowest BCUT2D eigenvalue weighted by Gasteiger charge is -2.12. The second-order valence-electron chi connectivity index (χ2n) is 4.53. The number of fused-ring (bicyclic) bond motifs is 1. The number of anilines is 1. The highest BCUT2D eigenvalue weighted by Gasteiger charge is 2.15. The molecule has 2 N–H and O–H groups in total. The Kier molecular flexibility index (Phi) is 3.88. The summed E-state index contributed by atoms with van der Waals surface area (Å²) in [5.41, 5.74) is 3.00. The zero-order valence-electron chi connectivity index (χ0n) is 10.6. The molecule has 1 aliphatic rings. The number of nitrogens with one attached hydrogen (secondary N) is 2. The molecule has 0 saturated heterocycles. The van der Waals surface area contributed by atoms with E-state index in [0.29, 0.717) is 5.56 Å². The summed E-state index contributed by atoms with van der Waals surface area (Å²) >= 11 is 0. The third-order valence-corrected chi connectivity index (χ3v) is 3.17. The molecular weight excluding hydrogens is 224 g/mol. The maximum atomic E-state index is 12.1. The highest BCUT2D eigenvalue weighted by molar-refractivity contribution is 5.95. The van der Waals surface area contributed by atoms with E-state index in [-0.39, 0.29) is 11.9 Å². The summed E-state index contributed by atoms with van der Waals surface area (Å²) in [6.45, 7) is 3.00. The van der Waals surface area contributed by atoms with E-state index < -0.39 is 0 Å². The van der Waals surface area contributed by atoms with E-state index in [1.165, 1.54) is 5.56 Å². The Hall–Kier alpha value is -1.95. The summed E-state index contributed by atoms with van der Waals surface area (Å²) in [5, 5.41) is 6.14. The van der Waals surface area contributed by atoms with Gasteiger partial charge in [-0.1, -0.05) is 25.3 Å². The van der Waals surface area contributed by atoms with Gasteiger partial charge in [-0.25, -0.2) is 0 Å². The molecule has 1 aliphatic heterocycles. The molecule has 18 heavy (non-hydrogen) atoms. The molecule has 1 atom stereocenters. The molecule has 3 nitrogen and oxygen atoms in total. The fourth-order valence-corrected chi connectivity index (χ4v) is 2.16. The minimum atomic E-state index is -0.177. The van der Waals surface area contributed by atoms with Gasteiger partial charge in [-0.05, 0) is 30.5 Å². The summed E-state index contributed by atoms with van der Waals surface area (Å²) < 4.78 is 0. The third kappa shape index (κ3) is 2.65. The zero-order chi connectivity index (χ0) is 13.0. The average molecular weight is 242 g/mol. The molecule has 0 radical (unpaired) electrons. The van der Waals surface area contributed by atoms with Crippen LogP contribution in [0.1, 0.15) is 35.7 Å². The Morgan fingerprint density at radius 2 is 2.44 bits per heavy atom. The molecule has 1 aromatic carbocycles. The van der Waals surface area contributed by atoms with E-state index in [1.807, 2.05) is 18.2 Å². The Labute approximate surface area is 108 Å². The number of amides is 1. The molecule has 3 heteroatoms. The second kappa shape index (κ2) is 5.59. The van der Waals surface area contributed by atoms with Crippen LogP contribution in [0.4, 0.5) is 5.69 Å². The molecule has 1 unspecified atom stereocenters. The number of rotatable bonds is 4. The molecule has 2 rings (SSSR count). The molecular formula is C15H18N2O. The van der Waals surface area contributed by atoms with Crippen molar-refractivity contribution >= 4 is 11.6 Å². The second-order valence-corrected chi connectivity index (χ2v) is 4.53. The zero-order valence-corrected chi connectivity index (χ0v) is 10.6. The van der Waals surface area contributed by atoms with Crippen molar-refractivity contribution < 1.29 is 4.79 Å². The van der Waals surface area contributed by atoms with Crippen molar-refractivity contribution in [2.75, 3.05) is 11.9 Å². The largest absolute Gasteiger partial charge is 0.384 e. The van der Waals surface area contributed by atoms with Crippen LogP contribution in [0.2, 0.25) is 0 Å². The van der Waals surface area contributed by atoms with E-state index >= 15 is 0 Å². The molecule has 94 valence electrons. The van der Waals surface area contributed by atoms with Gasteiger partial charge < -0.3 is 10.6 Å². The van der Waals surface area contributed by atoms with Crippen molar-refractivity contribution in [1.29, 1.82) is 0 Å². The summed E-state index contributed by atoms with van der Waals surface area (Å²) in [4.78, 5) is 12.1. The highest BCUT2D eigenvalue weighted by Crippen LogP contribution is 2.23. The quantitative estimate of drug-likeness (QED) is 0.795. The molecule has 1 amide bonds. The van der Waals surface area contributed by atoms with Gasteiger partial charge in [0.1, 0.15) is 0 Å². The maximum Gasteiger partial charge on any atom is 0.252 e. The summed E-state index contributed by atoms with van der Waals surface area (Å²) in [6, 6.07) is 5.59. The van der Waals surface area contributed by atoms with Gasteiger partial charge >= 0.3 is 0 Å². The Morgan fingerprint density at radius 1 is 1.61 bits per heavy atom. The van der Waals surface area contributed by atoms with E-state index in [0.717, 1.165) is 31.5 Å². The number of terminal acetylenes is 1. The van der Waals surface area contributed by atoms with Crippen LogP contribution in [0, 0.1) is 12.3 Å². The fraction of sp³-hybridized carbons (Fsp3) is 0.400. The van der Waals surface area contributed by atoms with Crippen LogP contribution in [0.5, 0.6) is 0 Å². The van der Waals surface area contributed by atoms with Crippen molar-refractivity contribution in [3.63, 3.8) is 0 Å². The van der Waals surface area contributed by atoms with E-state index in [9.17, 15) is 4.79 Å². The molecule has 1 heterocycles. The minimum absolute atomic E-state index is 0.0945. The lowest BCUT2D eigenvalue weighted by Crippen LogP contribution is -2.33. The van der Waals surface area contributed by atoms with Crippen molar-refractivity contribution in [2.24, 2.45) is 0 Å². The van der Waals surface area contributed by atoms with Gasteiger partial charge in [-0.15, -0.1) is 6.42 Å². The van der Waals surface area contributed by atoms with Crippen LogP contribution in [0.25, 0.3) is 0 Å². The lowest BCUT2D eigenvalue weighted by atomic mass is 10.1. The van der Waals surface area contributed by atoms with Gasteiger partial charge in [0.25, 0.3) is 5.91 Å². The first-order valence-corrected chi connectivity index (χ1v) is 6.38. The smallest absolute Gasteiger partial charge is 0.252 e. The van der Waals surface area contributed by atoms with Crippen LogP contribution >= 0.6 is 0 Å². The number of hydrogen-bond acceptors (Lipinski definition) is 2. The number of carbonyl (C=O) groups is 1. The first-order chi connectivity index (χ1) is 8.74. The summed E-state index contributed by atoms with van der Waals surface area (Å²) in [7, 11) is 0. The molecule has 0 aliphatic carbocycles. The topological polar surface area (TPSA) is 41.1 Å². The fourth-order valence-electron chi connectivity index (χ4n) is 2.16. The van der Waals surface area contributed by atoms with Crippen molar-refractivity contribution in [1.82, 2.24) is 5.32 Å². The number of benzene rings is 1. The Balaban J connectivity index is 2.07. The van der Waals surface area contributed by atoms with E-state index in [4.69, 9.17) is 6.42 Å². The van der Waals surface area contributed by atoms with Crippen LogP contribution in [0.15, 0.2) is 18.2 Å². The highest BCUT2D eigenvalue weighted by atomic mass is 16.1. The maximum absolute atomic E-state index is 12.1. The van der Waals surface area contributed by atoms with Gasteiger partial charge in [0.2, 0.25) is 0 Å². The van der Waals surface area contributed by atoms with Crippen LogP contribution in [-0.4, -0.2) is 18.5 Å². The Morgan fingerprint density at radius 3 is 3.17 bits per heavy atom. The predicted molar refractivity (Wildman–Crippen MR) is 73.6 cm³/mol. The summed E-state index contributed by atoms with van der Waals surface area (Å²) in [5.74, 6) is 2.51. The molecule has 0 bridgehead atoms. The summed E-state index contributed by atoms with van der Waals surface area (Å²) in [6.07, 6.45) is 8.20. The van der Waals surface area contributed by atoms with E-state index in [1.54, 1.807) is 0 Å². The molecule has 0 saturated carbocycles. The van der Waals surface area contributed by atoms with E-state index in [2.05, 4.69) is 23.5 Å². The van der Waals surface area contributed by atoms with Crippen molar-refractivity contribution in [3.8, 4) is 12.3 Å². The monoisotopic (exact) mass is 242 g/mol. The Bertz CT molecular complexity index is 488. The van der Waals surface area contributed by atoms with Crippen LogP contribution < -0.4 is 10.6 Å². The van der Waals surface area contributed by atoms with Gasteiger partial charge in [0.15, 0.2) is 0 Å². The number of carbonyl (C=O) groups excluding carboxylic acids is 1. The van der Waals surface area contributed by atoms with Crippen LogP contribution in [-0.2, 0) is 6.42 Å². The van der Waals surface area contributed by atoms with Crippen LogP contribution in [0.3, 0.4) is 0 Å². The average Bonchev–Trinajstić information content (AvgIpc) is 2.85. The molecule has 1 aromatic rings. The van der Waals surface area contributed by atoms with Gasteiger partial charge in [0.05, 0.1) is 6.04 Å². The molecule has 0 spiro atoms. The SMILES string of the molecule is C#CC(CCC)NC(=O)c1ccc2c(c1)NCC2. The number of hydrogen-bond donors (Lipinski definition) is 2. The normalized spacial score (nSPS) is 14.2. The molecule has 0 fully saturated rings. The standard InChI is InChI=1S/C15H18N2O/c1-3-5-13(4-2)17-15(18)12-7-6-11-8-9-16-14(11)10-12/h2,6-7,10,13,16H,3,5,8-9H2,1H3,(H,17,18). The minimum Gasteiger partial charge on any atom is -0.384 e. The third-order valence-electron chi connectivity index (χ3n) is 3.17. The predicted octanol–water partition coefficient (Wildman–Crippen LogP) is 2.19. The molecule has 0 aromatic heterocycles. The van der Waals surface area contributed by atoms with Crippen molar-refractivity contribution in [3.05, 3.63) is 29.3 Å². The first kappa shape index (κ1) is 12.5. The lowest BCUT2D eigenvalue weighted by molar-refractivity contribution is 0.0944.